The summed E-state index contributed by atoms with van der Waals surface area (Å²) in [4.78, 5) is 37.4. The standard InChI is InChI=1S/C17H14BrN3O4/c1-20-14-13(15(22)21(2)17(20)24)11(8-3-5-9(18)6-4-8)12-10(19-14)7-25-16(12)23/h3-6,11,19H,7H2,1-2H3/t11-/m0/s1. The molecule has 2 aliphatic rings. The first-order chi connectivity index (χ1) is 11.9. The van der Waals surface area contributed by atoms with E-state index in [1.807, 2.05) is 24.3 Å². The van der Waals surface area contributed by atoms with Crippen molar-refractivity contribution < 1.29 is 9.53 Å². The lowest BCUT2D eigenvalue weighted by Crippen LogP contribution is -2.43. The maximum absolute atomic E-state index is 12.9. The molecule has 0 saturated heterocycles. The van der Waals surface area contributed by atoms with Gasteiger partial charge in [0.1, 0.15) is 12.4 Å². The summed E-state index contributed by atoms with van der Waals surface area (Å²) in [5.74, 6) is -0.630. The van der Waals surface area contributed by atoms with Crippen molar-refractivity contribution >= 4 is 27.7 Å². The van der Waals surface area contributed by atoms with Crippen LogP contribution in [0, 0.1) is 0 Å². The predicted octanol–water partition coefficient (Wildman–Crippen LogP) is 1.21. The Kier molecular flexibility index (Phi) is 3.47. The first kappa shape index (κ1) is 15.9. The summed E-state index contributed by atoms with van der Waals surface area (Å²) in [5.41, 5.74) is 1.31. The summed E-state index contributed by atoms with van der Waals surface area (Å²) < 4.78 is 8.49. The van der Waals surface area contributed by atoms with Crippen molar-refractivity contribution in [2.24, 2.45) is 14.1 Å². The van der Waals surface area contributed by atoms with Crippen LogP contribution < -0.4 is 16.6 Å². The summed E-state index contributed by atoms with van der Waals surface area (Å²) in [6, 6.07) is 7.41. The van der Waals surface area contributed by atoms with Crippen LogP contribution in [0.5, 0.6) is 0 Å². The summed E-state index contributed by atoms with van der Waals surface area (Å²) in [7, 11) is 3.02. The van der Waals surface area contributed by atoms with E-state index in [1.54, 1.807) is 7.05 Å². The van der Waals surface area contributed by atoms with Gasteiger partial charge in [0.2, 0.25) is 0 Å². The number of anilines is 1. The van der Waals surface area contributed by atoms with Crippen LogP contribution in [0.3, 0.4) is 0 Å². The zero-order valence-corrected chi connectivity index (χ0v) is 15.1. The molecule has 0 amide bonds. The number of rotatable bonds is 1. The second-order valence-corrected chi connectivity index (χ2v) is 6.96. The fourth-order valence-corrected chi connectivity index (χ4v) is 3.63. The van der Waals surface area contributed by atoms with Crippen molar-refractivity contribution in [1.29, 1.82) is 0 Å². The summed E-state index contributed by atoms with van der Waals surface area (Å²) >= 11 is 3.39. The number of cyclic esters (lactones) is 1. The summed E-state index contributed by atoms with van der Waals surface area (Å²) in [6.07, 6.45) is 0. The van der Waals surface area contributed by atoms with E-state index in [-0.39, 0.29) is 6.61 Å². The van der Waals surface area contributed by atoms with E-state index >= 15 is 0 Å². The molecule has 4 rings (SSSR count). The molecule has 128 valence electrons. The molecule has 0 unspecified atom stereocenters. The zero-order chi connectivity index (χ0) is 17.9. The number of nitrogens with one attached hydrogen (secondary N) is 1. The van der Waals surface area contributed by atoms with Crippen LogP contribution in [0.15, 0.2) is 49.6 Å². The molecule has 7 nitrogen and oxygen atoms in total. The highest BCUT2D eigenvalue weighted by Crippen LogP contribution is 2.42. The van der Waals surface area contributed by atoms with Gasteiger partial charge in [0.25, 0.3) is 5.56 Å². The van der Waals surface area contributed by atoms with E-state index in [1.165, 1.54) is 11.6 Å². The van der Waals surface area contributed by atoms with Gasteiger partial charge in [-0.3, -0.25) is 13.9 Å². The Labute approximate surface area is 150 Å². The van der Waals surface area contributed by atoms with Gasteiger partial charge in [-0.1, -0.05) is 28.1 Å². The lowest BCUT2D eigenvalue weighted by atomic mass is 9.83. The van der Waals surface area contributed by atoms with Crippen LogP contribution >= 0.6 is 15.9 Å². The van der Waals surface area contributed by atoms with E-state index in [9.17, 15) is 14.4 Å². The maximum Gasteiger partial charge on any atom is 0.337 e. The Balaban J connectivity index is 2.08. The maximum atomic E-state index is 12.9. The minimum absolute atomic E-state index is 0.101. The number of benzene rings is 1. The smallest absolute Gasteiger partial charge is 0.337 e. The fraction of sp³-hybridized carbons (Fsp3) is 0.235. The molecule has 1 N–H and O–H groups in total. The number of esters is 1. The first-order valence-electron chi connectivity index (χ1n) is 7.62. The highest BCUT2D eigenvalue weighted by Gasteiger charge is 2.41. The largest absolute Gasteiger partial charge is 0.456 e. The first-order valence-corrected chi connectivity index (χ1v) is 8.42. The number of carbonyl (C=O) groups excluding carboxylic acids is 1. The Morgan fingerprint density at radius 2 is 1.80 bits per heavy atom. The molecular formula is C17H14BrN3O4. The number of fused-ring (bicyclic) bond motifs is 1. The molecule has 0 spiro atoms. The molecule has 0 saturated carbocycles. The molecule has 8 heteroatoms. The Morgan fingerprint density at radius 3 is 2.48 bits per heavy atom. The SMILES string of the molecule is Cn1c2c(c(=O)n(C)c1=O)[C@@H](c1ccc(Br)cc1)C1=C(COC1=O)N2. The molecule has 0 fully saturated rings. The van der Waals surface area contributed by atoms with Crippen LogP contribution in [-0.4, -0.2) is 21.7 Å². The third kappa shape index (κ3) is 2.21. The Hall–Kier alpha value is -2.61. The summed E-state index contributed by atoms with van der Waals surface area (Å²) in [5, 5.41) is 3.05. The van der Waals surface area contributed by atoms with E-state index in [0.29, 0.717) is 22.7 Å². The number of nitrogens with zero attached hydrogens (tertiary/aromatic N) is 2. The van der Waals surface area contributed by atoms with Crippen molar-refractivity contribution in [2.75, 3.05) is 11.9 Å². The Bertz CT molecular complexity index is 1060. The number of carbonyl (C=O) groups is 1. The third-order valence-electron chi connectivity index (χ3n) is 4.64. The van der Waals surface area contributed by atoms with Gasteiger partial charge < -0.3 is 10.1 Å². The number of halogens is 1. The normalized spacial score (nSPS) is 18.5. The number of aromatic nitrogens is 2. The van der Waals surface area contributed by atoms with Gasteiger partial charge in [-0.15, -0.1) is 0 Å². The molecule has 0 radical (unpaired) electrons. The predicted molar refractivity (Wildman–Crippen MR) is 94.5 cm³/mol. The van der Waals surface area contributed by atoms with Gasteiger partial charge >= 0.3 is 11.7 Å². The molecule has 2 aromatic rings. The van der Waals surface area contributed by atoms with Crippen LogP contribution in [0.4, 0.5) is 5.82 Å². The quantitative estimate of drug-likeness (QED) is 0.723. The fourth-order valence-electron chi connectivity index (χ4n) is 3.37. The third-order valence-corrected chi connectivity index (χ3v) is 5.17. The van der Waals surface area contributed by atoms with E-state index < -0.39 is 23.1 Å². The second-order valence-electron chi connectivity index (χ2n) is 6.05. The molecule has 3 heterocycles. The molecule has 1 aromatic heterocycles. The lowest BCUT2D eigenvalue weighted by molar-refractivity contribution is -0.136. The van der Waals surface area contributed by atoms with Crippen LogP contribution in [0.2, 0.25) is 0 Å². The minimum atomic E-state index is -0.583. The minimum Gasteiger partial charge on any atom is -0.456 e. The zero-order valence-electron chi connectivity index (χ0n) is 13.5. The van der Waals surface area contributed by atoms with Crippen LogP contribution in [0.25, 0.3) is 0 Å². The topological polar surface area (TPSA) is 82.3 Å². The molecule has 25 heavy (non-hydrogen) atoms. The molecule has 2 aliphatic heterocycles. The number of ether oxygens (including phenoxy) is 1. The van der Waals surface area contributed by atoms with Crippen molar-refractivity contribution in [3.05, 3.63) is 72.0 Å². The van der Waals surface area contributed by atoms with Gasteiger partial charge in [0, 0.05) is 18.6 Å². The molecule has 1 atom stereocenters. The second kappa shape index (κ2) is 5.45. The van der Waals surface area contributed by atoms with E-state index in [4.69, 9.17) is 4.74 Å². The van der Waals surface area contributed by atoms with Gasteiger partial charge in [-0.05, 0) is 17.7 Å². The molecule has 1 aromatic carbocycles. The summed E-state index contributed by atoms with van der Waals surface area (Å²) in [6.45, 7) is 0.101. The average molecular weight is 404 g/mol. The highest BCUT2D eigenvalue weighted by molar-refractivity contribution is 9.10. The van der Waals surface area contributed by atoms with Gasteiger partial charge in [-0.25, -0.2) is 9.59 Å². The lowest BCUT2D eigenvalue weighted by Gasteiger charge is -2.28. The van der Waals surface area contributed by atoms with Crippen LogP contribution in [0.1, 0.15) is 17.0 Å². The molecule has 0 bridgehead atoms. The highest BCUT2D eigenvalue weighted by atomic mass is 79.9. The van der Waals surface area contributed by atoms with Crippen molar-refractivity contribution in [1.82, 2.24) is 9.13 Å². The van der Waals surface area contributed by atoms with E-state index in [2.05, 4.69) is 21.2 Å². The van der Waals surface area contributed by atoms with E-state index in [0.717, 1.165) is 14.6 Å². The molecule has 0 aliphatic carbocycles. The van der Waals surface area contributed by atoms with Crippen LogP contribution in [-0.2, 0) is 23.6 Å². The van der Waals surface area contributed by atoms with Crippen molar-refractivity contribution in [3.63, 3.8) is 0 Å². The van der Waals surface area contributed by atoms with Gasteiger partial charge in [-0.2, -0.15) is 0 Å². The molecular weight excluding hydrogens is 390 g/mol. The Morgan fingerprint density at radius 1 is 1.12 bits per heavy atom. The van der Waals surface area contributed by atoms with Gasteiger partial charge in [0.05, 0.1) is 22.8 Å². The average Bonchev–Trinajstić information content (AvgIpc) is 2.98. The van der Waals surface area contributed by atoms with Gasteiger partial charge in [0.15, 0.2) is 0 Å². The number of hydrogen-bond acceptors (Lipinski definition) is 5. The van der Waals surface area contributed by atoms with Crippen molar-refractivity contribution in [2.45, 2.75) is 5.92 Å². The monoisotopic (exact) mass is 403 g/mol. The number of hydrogen-bond donors (Lipinski definition) is 1. The van der Waals surface area contributed by atoms with Crippen molar-refractivity contribution in [3.8, 4) is 0 Å².